The number of halogens is 1. The SMILES string of the molecule is Cc1ccc(S(=O)(=O)N2CC[C@H](O)[C@@H](C(=O)O)C2)c(F)c1. The molecule has 116 valence electrons. The molecule has 1 saturated heterocycles. The number of piperidine rings is 1. The Hall–Kier alpha value is -1.51. The highest BCUT2D eigenvalue weighted by Crippen LogP contribution is 2.26. The van der Waals surface area contributed by atoms with Crippen LogP contribution < -0.4 is 0 Å². The number of benzene rings is 1. The minimum absolute atomic E-state index is 0.00365. The third kappa shape index (κ3) is 3.07. The molecule has 0 aliphatic carbocycles. The lowest BCUT2D eigenvalue weighted by molar-refractivity contribution is -0.147. The first-order chi connectivity index (χ1) is 9.73. The van der Waals surface area contributed by atoms with Gasteiger partial charge in [-0.25, -0.2) is 12.8 Å². The standard InChI is InChI=1S/C13H16FNO5S/c1-8-2-3-12(10(14)6-8)21(19,20)15-5-4-11(16)9(7-15)13(17)18/h2-3,6,9,11,16H,4-5,7H2,1H3,(H,17,18)/t9-,11-/m0/s1. The average Bonchev–Trinajstić information content (AvgIpc) is 2.38. The van der Waals surface area contributed by atoms with E-state index in [2.05, 4.69) is 0 Å². The van der Waals surface area contributed by atoms with Gasteiger partial charge >= 0.3 is 5.97 Å². The summed E-state index contributed by atoms with van der Waals surface area (Å²) in [7, 11) is -4.12. The van der Waals surface area contributed by atoms with Crippen molar-refractivity contribution < 1.29 is 27.8 Å². The van der Waals surface area contributed by atoms with Crippen LogP contribution in [-0.4, -0.2) is 48.1 Å². The molecular weight excluding hydrogens is 301 g/mol. The van der Waals surface area contributed by atoms with Gasteiger partial charge in [0.05, 0.1) is 12.0 Å². The van der Waals surface area contributed by atoms with E-state index in [1.165, 1.54) is 12.1 Å². The second kappa shape index (κ2) is 5.70. The monoisotopic (exact) mass is 317 g/mol. The summed E-state index contributed by atoms with van der Waals surface area (Å²) in [6.07, 6.45) is -1.10. The number of nitrogens with zero attached hydrogens (tertiary/aromatic N) is 1. The Balaban J connectivity index is 2.33. The van der Waals surface area contributed by atoms with Crippen LogP contribution in [0.3, 0.4) is 0 Å². The lowest BCUT2D eigenvalue weighted by Crippen LogP contribution is -2.48. The van der Waals surface area contributed by atoms with Gasteiger partial charge in [0.15, 0.2) is 0 Å². The predicted octanol–water partition coefficient (Wildman–Crippen LogP) is 0.590. The van der Waals surface area contributed by atoms with E-state index in [9.17, 15) is 22.7 Å². The molecule has 0 radical (unpaired) electrons. The van der Waals surface area contributed by atoms with Crippen molar-refractivity contribution in [3.05, 3.63) is 29.6 Å². The van der Waals surface area contributed by atoms with Crippen molar-refractivity contribution in [3.63, 3.8) is 0 Å². The first-order valence-corrected chi connectivity index (χ1v) is 7.84. The topological polar surface area (TPSA) is 94.9 Å². The van der Waals surface area contributed by atoms with Gasteiger partial charge in [-0.15, -0.1) is 0 Å². The Morgan fingerprint density at radius 3 is 2.67 bits per heavy atom. The van der Waals surface area contributed by atoms with Gasteiger partial charge in [0.1, 0.15) is 10.7 Å². The van der Waals surface area contributed by atoms with E-state index in [0.29, 0.717) is 5.56 Å². The maximum Gasteiger partial charge on any atom is 0.310 e. The Kier molecular flexibility index (Phi) is 4.31. The predicted molar refractivity (Wildman–Crippen MR) is 71.6 cm³/mol. The Morgan fingerprint density at radius 2 is 2.10 bits per heavy atom. The van der Waals surface area contributed by atoms with E-state index in [1.54, 1.807) is 6.92 Å². The van der Waals surface area contributed by atoms with Gasteiger partial charge < -0.3 is 10.2 Å². The van der Waals surface area contributed by atoms with E-state index in [0.717, 1.165) is 10.4 Å². The van der Waals surface area contributed by atoms with Crippen molar-refractivity contribution in [2.45, 2.75) is 24.3 Å². The molecule has 0 bridgehead atoms. The summed E-state index contributed by atoms with van der Waals surface area (Å²) in [4.78, 5) is 10.6. The van der Waals surface area contributed by atoms with E-state index in [4.69, 9.17) is 5.11 Å². The van der Waals surface area contributed by atoms with Crippen molar-refractivity contribution >= 4 is 16.0 Å². The van der Waals surface area contributed by atoms with E-state index in [-0.39, 0.29) is 19.5 Å². The first kappa shape index (κ1) is 15.9. The molecule has 2 N–H and O–H groups in total. The van der Waals surface area contributed by atoms with Gasteiger partial charge in [-0.05, 0) is 31.0 Å². The third-order valence-corrected chi connectivity index (χ3v) is 5.46. The fourth-order valence-electron chi connectivity index (χ4n) is 2.32. The molecule has 0 amide bonds. The molecule has 1 aliphatic heterocycles. The highest BCUT2D eigenvalue weighted by molar-refractivity contribution is 7.89. The fraction of sp³-hybridized carbons (Fsp3) is 0.462. The summed E-state index contributed by atoms with van der Waals surface area (Å²) in [5.74, 6) is -3.35. The van der Waals surface area contributed by atoms with E-state index < -0.39 is 38.7 Å². The highest BCUT2D eigenvalue weighted by atomic mass is 32.2. The largest absolute Gasteiger partial charge is 0.481 e. The van der Waals surface area contributed by atoms with Crippen molar-refractivity contribution in [3.8, 4) is 0 Å². The molecule has 0 aromatic heterocycles. The number of aliphatic hydroxyl groups excluding tert-OH is 1. The molecular formula is C13H16FNO5S. The number of rotatable bonds is 3. The van der Waals surface area contributed by atoms with Crippen LogP contribution in [0.5, 0.6) is 0 Å². The molecule has 0 saturated carbocycles. The molecule has 2 atom stereocenters. The van der Waals surface area contributed by atoms with E-state index in [1.807, 2.05) is 0 Å². The van der Waals surface area contributed by atoms with Gasteiger partial charge in [0.2, 0.25) is 10.0 Å². The van der Waals surface area contributed by atoms with Crippen LogP contribution in [0.25, 0.3) is 0 Å². The number of aliphatic carboxylic acids is 1. The summed E-state index contributed by atoms with van der Waals surface area (Å²) in [5.41, 5.74) is 0.587. The zero-order valence-corrected chi connectivity index (χ0v) is 12.2. The zero-order valence-electron chi connectivity index (χ0n) is 11.4. The molecule has 0 unspecified atom stereocenters. The van der Waals surface area contributed by atoms with Gasteiger partial charge in [-0.1, -0.05) is 6.07 Å². The number of hydrogen-bond donors (Lipinski definition) is 2. The van der Waals surface area contributed by atoms with Crippen molar-refractivity contribution in [1.82, 2.24) is 4.31 Å². The summed E-state index contributed by atoms with van der Waals surface area (Å²) in [6, 6.07) is 3.75. The number of aliphatic hydroxyl groups is 1. The second-order valence-corrected chi connectivity index (χ2v) is 7.00. The normalized spacial score (nSPS) is 24.0. The number of carboxylic acid groups (broad SMARTS) is 1. The summed E-state index contributed by atoms with van der Waals surface area (Å²) in [6.45, 7) is 1.23. The van der Waals surface area contributed by atoms with Crippen LogP contribution in [-0.2, 0) is 14.8 Å². The maximum atomic E-state index is 13.9. The molecule has 8 heteroatoms. The molecule has 1 aromatic carbocycles. The Bertz CT molecular complexity index is 661. The second-order valence-electron chi connectivity index (χ2n) is 5.10. The lowest BCUT2D eigenvalue weighted by atomic mass is 9.96. The first-order valence-electron chi connectivity index (χ1n) is 6.40. The maximum absolute atomic E-state index is 13.9. The highest BCUT2D eigenvalue weighted by Gasteiger charge is 2.39. The number of carbonyl (C=O) groups is 1. The average molecular weight is 317 g/mol. The van der Waals surface area contributed by atoms with Gasteiger partial charge in [-0.3, -0.25) is 4.79 Å². The summed E-state index contributed by atoms with van der Waals surface area (Å²) in [5, 5.41) is 18.6. The molecule has 21 heavy (non-hydrogen) atoms. The summed E-state index contributed by atoms with van der Waals surface area (Å²) >= 11 is 0. The molecule has 1 heterocycles. The number of carboxylic acids is 1. The molecule has 1 aliphatic rings. The Labute approximate surface area is 121 Å². The minimum Gasteiger partial charge on any atom is -0.481 e. The van der Waals surface area contributed by atoms with Crippen LogP contribution in [0.1, 0.15) is 12.0 Å². The van der Waals surface area contributed by atoms with Crippen LogP contribution in [0.2, 0.25) is 0 Å². The molecule has 1 aromatic rings. The van der Waals surface area contributed by atoms with Gasteiger partial charge in [0.25, 0.3) is 0 Å². The van der Waals surface area contributed by atoms with Crippen molar-refractivity contribution in [1.29, 1.82) is 0 Å². The van der Waals surface area contributed by atoms with Gasteiger partial charge in [-0.2, -0.15) is 4.31 Å². The molecule has 2 rings (SSSR count). The lowest BCUT2D eigenvalue weighted by Gasteiger charge is -2.33. The molecule has 0 spiro atoms. The Morgan fingerprint density at radius 1 is 1.43 bits per heavy atom. The minimum atomic E-state index is -4.12. The van der Waals surface area contributed by atoms with Gasteiger partial charge in [0, 0.05) is 13.1 Å². The van der Waals surface area contributed by atoms with Crippen molar-refractivity contribution in [2.24, 2.45) is 5.92 Å². The number of sulfonamides is 1. The third-order valence-electron chi connectivity index (χ3n) is 3.56. The number of aryl methyl sites for hydroxylation is 1. The summed E-state index contributed by atoms with van der Waals surface area (Å²) < 4.78 is 39.6. The zero-order chi connectivity index (χ0) is 15.8. The smallest absolute Gasteiger partial charge is 0.310 e. The quantitative estimate of drug-likeness (QED) is 0.851. The van der Waals surface area contributed by atoms with Crippen LogP contribution in [0.15, 0.2) is 23.1 Å². The van der Waals surface area contributed by atoms with E-state index >= 15 is 0 Å². The fourth-order valence-corrected chi connectivity index (χ4v) is 3.85. The van der Waals surface area contributed by atoms with Crippen LogP contribution >= 0.6 is 0 Å². The van der Waals surface area contributed by atoms with Crippen LogP contribution in [0, 0.1) is 18.7 Å². The molecule has 1 fully saturated rings. The van der Waals surface area contributed by atoms with Crippen molar-refractivity contribution in [2.75, 3.05) is 13.1 Å². The molecule has 6 nitrogen and oxygen atoms in total. The van der Waals surface area contributed by atoms with Crippen LogP contribution in [0.4, 0.5) is 4.39 Å². The number of hydrogen-bond acceptors (Lipinski definition) is 4.